The second kappa shape index (κ2) is 10.7. The predicted octanol–water partition coefficient (Wildman–Crippen LogP) is 4.90. The van der Waals surface area contributed by atoms with E-state index in [1.54, 1.807) is 35.2 Å². The molecule has 1 aromatic heterocycles. The Morgan fingerprint density at radius 2 is 1.97 bits per heavy atom. The van der Waals surface area contributed by atoms with E-state index in [9.17, 15) is 9.18 Å². The average Bonchev–Trinajstić information content (AvgIpc) is 3.20. The predicted molar refractivity (Wildman–Crippen MR) is 130 cm³/mol. The number of rotatable bonds is 8. The van der Waals surface area contributed by atoms with Gasteiger partial charge in [0.15, 0.2) is 5.13 Å². The van der Waals surface area contributed by atoms with Crippen molar-refractivity contribution in [3.63, 3.8) is 0 Å². The van der Waals surface area contributed by atoms with E-state index < -0.39 is 0 Å². The fraction of sp³-hybridized carbons (Fsp3) is 0.417. The van der Waals surface area contributed by atoms with E-state index in [0.29, 0.717) is 18.7 Å². The van der Waals surface area contributed by atoms with E-state index in [1.165, 1.54) is 17.7 Å². The zero-order chi connectivity index (χ0) is 22.5. The lowest BCUT2D eigenvalue weighted by molar-refractivity contribution is -0.118. The van der Waals surface area contributed by atoms with Crippen LogP contribution in [0.25, 0.3) is 10.2 Å². The Balaban J connectivity index is 1.48. The lowest BCUT2D eigenvalue weighted by Crippen LogP contribution is -2.43. The number of amides is 1. The quantitative estimate of drug-likeness (QED) is 0.436. The number of carbonyl (C=O) groups is 1. The number of fused-ring (bicyclic) bond motifs is 1. The Morgan fingerprint density at radius 1 is 1.22 bits per heavy atom. The van der Waals surface area contributed by atoms with Gasteiger partial charge in [-0.1, -0.05) is 17.4 Å². The highest BCUT2D eigenvalue weighted by Crippen LogP contribution is 2.32. The van der Waals surface area contributed by atoms with Crippen molar-refractivity contribution in [1.82, 2.24) is 9.88 Å². The van der Waals surface area contributed by atoms with Crippen molar-refractivity contribution in [3.8, 4) is 0 Å². The van der Waals surface area contributed by atoms with Gasteiger partial charge in [-0.25, -0.2) is 9.37 Å². The number of aryl methyl sites for hydroxylation is 2. The standard InChI is InChI=1S/C24H28FN3O2S2/c1-17-15-18(2)23-21(16-17)32-24(26-23)28(9-8-27-10-12-30-13-11-27)22(29)7-14-31-20-5-3-19(25)4-6-20/h3-6,15-16H,7-14H2,1-2H3. The van der Waals surface area contributed by atoms with Gasteiger partial charge < -0.3 is 4.74 Å². The molecule has 0 saturated carbocycles. The molecule has 32 heavy (non-hydrogen) atoms. The lowest BCUT2D eigenvalue weighted by atomic mass is 10.1. The van der Waals surface area contributed by atoms with E-state index in [1.807, 2.05) is 4.90 Å². The number of benzene rings is 2. The average molecular weight is 474 g/mol. The minimum Gasteiger partial charge on any atom is -0.379 e. The summed E-state index contributed by atoms with van der Waals surface area (Å²) in [5, 5.41) is 0.763. The number of hydrogen-bond donors (Lipinski definition) is 0. The number of morpholine rings is 1. The maximum absolute atomic E-state index is 13.3. The van der Waals surface area contributed by atoms with Gasteiger partial charge >= 0.3 is 0 Å². The van der Waals surface area contributed by atoms with Crippen molar-refractivity contribution >= 4 is 44.4 Å². The fourth-order valence-corrected chi connectivity index (χ4v) is 5.82. The van der Waals surface area contributed by atoms with E-state index in [0.717, 1.165) is 58.7 Å². The molecule has 0 N–H and O–H groups in total. The normalized spacial score (nSPS) is 14.7. The Kier molecular flexibility index (Phi) is 7.78. The molecule has 2 heterocycles. The van der Waals surface area contributed by atoms with Crippen LogP contribution in [0.2, 0.25) is 0 Å². The maximum Gasteiger partial charge on any atom is 0.229 e. The molecular formula is C24H28FN3O2S2. The lowest BCUT2D eigenvalue weighted by Gasteiger charge is -2.29. The van der Waals surface area contributed by atoms with Crippen LogP contribution in [0.4, 0.5) is 9.52 Å². The van der Waals surface area contributed by atoms with Crippen LogP contribution in [-0.2, 0) is 9.53 Å². The van der Waals surface area contributed by atoms with Crippen molar-refractivity contribution < 1.29 is 13.9 Å². The van der Waals surface area contributed by atoms with Crippen LogP contribution < -0.4 is 4.90 Å². The number of aromatic nitrogens is 1. The van der Waals surface area contributed by atoms with Gasteiger partial charge in [-0.3, -0.25) is 14.6 Å². The van der Waals surface area contributed by atoms with Crippen molar-refractivity contribution in [2.24, 2.45) is 0 Å². The van der Waals surface area contributed by atoms with Crippen molar-refractivity contribution in [2.75, 3.05) is 50.0 Å². The molecule has 0 aliphatic carbocycles. The number of halogens is 1. The third-order valence-electron chi connectivity index (χ3n) is 5.49. The van der Waals surface area contributed by atoms with E-state index in [2.05, 4.69) is 30.9 Å². The van der Waals surface area contributed by atoms with E-state index >= 15 is 0 Å². The SMILES string of the molecule is Cc1cc(C)c2nc(N(CCN3CCOCC3)C(=O)CCSc3ccc(F)cc3)sc2c1. The molecule has 0 spiro atoms. The molecular weight excluding hydrogens is 445 g/mol. The second-order valence-electron chi connectivity index (χ2n) is 7.98. The highest BCUT2D eigenvalue weighted by Gasteiger charge is 2.22. The molecule has 3 aromatic rings. The summed E-state index contributed by atoms with van der Waals surface area (Å²) in [7, 11) is 0. The van der Waals surface area contributed by atoms with Gasteiger partial charge in [0, 0.05) is 43.2 Å². The number of thioether (sulfide) groups is 1. The first-order valence-electron chi connectivity index (χ1n) is 10.9. The van der Waals surface area contributed by atoms with Crippen LogP contribution in [0.15, 0.2) is 41.3 Å². The van der Waals surface area contributed by atoms with E-state index in [4.69, 9.17) is 9.72 Å². The second-order valence-corrected chi connectivity index (χ2v) is 10.2. The summed E-state index contributed by atoms with van der Waals surface area (Å²) < 4.78 is 19.7. The molecule has 0 unspecified atom stereocenters. The Morgan fingerprint density at radius 3 is 2.72 bits per heavy atom. The number of ether oxygens (including phenoxy) is 1. The molecule has 1 fully saturated rings. The summed E-state index contributed by atoms with van der Waals surface area (Å²) in [5.41, 5.74) is 3.31. The van der Waals surface area contributed by atoms with Gasteiger partial charge in [0.1, 0.15) is 5.82 Å². The molecule has 1 amide bonds. The van der Waals surface area contributed by atoms with Gasteiger partial charge in [0.25, 0.3) is 0 Å². The molecule has 8 heteroatoms. The third kappa shape index (κ3) is 5.86. The molecule has 0 atom stereocenters. The summed E-state index contributed by atoms with van der Waals surface area (Å²) in [6, 6.07) is 10.7. The van der Waals surface area contributed by atoms with Gasteiger partial charge in [0.05, 0.1) is 23.4 Å². The minimum absolute atomic E-state index is 0.0707. The molecule has 2 aromatic carbocycles. The Labute approximate surface area is 196 Å². The molecule has 1 aliphatic heterocycles. The number of carbonyl (C=O) groups excluding carboxylic acids is 1. The van der Waals surface area contributed by atoms with Crippen LogP contribution in [0, 0.1) is 19.7 Å². The topological polar surface area (TPSA) is 45.7 Å². The highest BCUT2D eigenvalue weighted by molar-refractivity contribution is 7.99. The van der Waals surface area contributed by atoms with Gasteiger partial charge in [-0.15, -0.1) is 11.8 Å². The van der Waals surface area contributed by atoms with E-state index in [-0.39, 0.29) is 11.7 Å². The number of hydrogen-bond acceptors (Lipinski definition) is 6. The van der Waals surface area contributed by atoms with Crippen LogP contribution in [0.5, 0.6) is 0 Å². The number of thiazole rings is 1. The van der Waals surface area contributed by atoms with Crippen LogP contribution in [0.1, 0.15) is 17.5 Å². The van der Waals surface area contributed by atoms with Crippen molar-refractivity contribution in [1.29, 1.82) is 0 Å². The summed E-state index contributed by atoms with van der Waals surface area (Å²) >= 11 is 3.15. The fourth-order valence-electron chi connectivity index (χ4n) is 3.79. The molecule has 170 valence electrons. The summed E-state index contributed by atoms with van der Waals surface area (Å²) in [6.45, 7) is 8.81. The van der Waals surface area contributed by atoms with Crippen molar-refractivity contribution in [2.45, 2.75) is 25.2 Å². The van der Waals surface area contributed by atoms with Gasteiger partial charge in [-0.2, -0.15) is 0 Å². The third-order valence-corrected chi connectivity index (χ3v) is 7.53. The summed E-state index contributed by atoms with van der Waals surface area (Å²) in [6.07, 6.45) is 0.402. The Bertz CT molecular complexity index is 1070. The van der Waals surface area contributed by atoms with Crippen LogP contribution in [-0.4, -0.2) is 60.9 Å². The number of nitrogens with zero attached hydrogens (tertiary/aromatic N) is 3. The smallest absolute Gasteiger partial charge is 0.229 e. The Hall–Kier alpha value is -2.00. The van der Waals surface area contributed by atoms with Gasteiger partial charge in [-0.05, 0) is 55.3 Å². The maximum atomic E-state index is 13.3. The first-order valence-corrected chi connectivity index (χ1v) is 12.7. The number of anilines is 1. The first-order chi connectivity index (χ1) is 15.5. The highest BCUT2D eigenvalue weighted by atomic mass is 32.2. The molecule has 1 saturated heterocycles. The van der Waals surface area contributed by atoms with Gasteiger partial charge in [0.2, 0.25) is 5.91 Å². The minimum atomic E-state index is -0.249. The zero-order valence-electron chi connectivity index (χ0n) is 18.5. The molecule has 0 radical (unpaired) electrons. The van der Waals surface area contributed by atoms with Crippen molar-refractivity contribution in [3.05, 3.63) is 53.3 Å². The molecule has 0 bridgehead atoms. The zero-order valence-corrected chi connectivity index (χ0v) is 20.1. The van der Waals surface area contributed by atoms with Crippen LogP contribution in [0.3, 0.4) is 0 Å². The monoisotopic (exact) mass is 473 g/mol. The first kappa shape index (κ1) is 23.2. The molecule has 4 rings (SSSR count). The largest absolute Gasteiger partial charge is 0.379 e. The van der Waals surface area contributed by atoms with Crippen LogP contribution >= 0.6 is 23.1 Å². The molecule has 1 aliphatic rings. The summed E-state index contributed by atoms with van der Waals surface area (Å²) in [4.78, 5) is 23.3. The summed E-state index contributed by atoms with van der Waals surface area (Å²) in [5.74, 6) is 0.462. The molecule has 5 nitrogen and oxygen atoms in total.